The predicted octanol–water partition coefficient (Wildman–Crippen LogP) is 2.83. The normalized spacial score (nSPS) is 10.4. The number of halogens is 1. The van der Waals surface area contributed by atoms with Crippen LogP contribution in [0.15, 0.2) is 29.6 Å². The molecule has 1 aromatic carbocycles. The zero-order chi connectivity index (χ0) is 13.7. The first-order valence-corrected chi connectivity index (χ1v) is 7.07. The second kappa shape index (κ2) is 6.65. The number of aromatic nitrogens is 1. The van der Waals surface area contributed by atoms with Gasteiger partial charge in [-0.3, -0.25) is 4.79 Å². The zero-order valence-corrected chi connectivity index (χ0v) is 12.0. The van der Waals surface area contributed by atoms with E-state index in [4.69, 9.17) is 11.6 Å². The van der Waals surface area contributed by atoms with Gasteiger partial charge in [-0.1, -0.05) is 23.7 Å². The van der Waals surface area contributed by atoms with Crippen molar-refractivity contribution in [3.8, 4) is 0 Å². The van der Waals surface area contributed by atoms with E-state index in [9.17, 15) is 4.79 Å². The third-order valence-electron chi connectivity index (χ3n) is 2.41. The predicted molar refractivity (Wildman–Crippen MR) is 78.6 cm³/mol. The van der Waals surface area contributed by atoms with E-state index in [2.05, 4.69) is 15.6 Å². The summed E-state index contributed by atoms with van der Waals surface area (Å²) in [4.78, 5) is 16.0. The van der Waals surface area contributed by atoms with Gasteiger partial charge in [0, 0.05) is 11.9 Å². The maximum Gasteiger partial charge on any atom is 0.238 e. The molecule has 1 heterocycles. The largest absolute Gasteiger partial charge is 0.324 e. The lowest BCUT2D eigenvalue weighted by atomic mass is 10.3. The molecule has 2 N–H and O–H groups in total. The van der Waals surface area contributed by atoms with Gasteiger partial charge in [0.15, 0.2) is 0 Å². The summed E-state index contributed by atoms with van der Waals surface area (Å²) in [5.74, 6) is -0.125. The second-order valence-electron chi connectivity index (χ2n) is 3.99. The molecule has 0 unspecified atom stereocenters. The number of nitrogens with zero attached hydrogens (tertiary/aromatic N) is 1. The summed E-state index contributed by atoms with van der Waals surface area (Å²) in [7, 11) is 0. The van der Waals surface area contributed by atoms with E-state index >= 15 is 0 Å². The summed E-state index contributed by atoms with van der Waals surface area (Å²) in [5, 5.41) is 9.33. The Labute approximate surface area is 120 Å². The number of nitrogens with one attached hydrogen (secondary N) is 2. The lowest BCUT2D eigenvalue weighted by molar-refractivity contribution is -0.115. The summed E-state index contributed by atoms with van der Waals surface area (Å²) in [5.41, 5.74) is 1.58. The molecule has 0 bridgehead atoms. The Morgan fingerprint density at radius 2 is 2.21 bits per heavy atom. The van der Waals surface area contributed by atoms with Crippen LogP contribution in [-0.2, 0) is 11.3 Å². The molecular weight excluding hydrogens is 282 g/mol. The third kappa shape index (κ3) is 4.31. The van der Waals surface area contributed by atoms with Crippen molar-refractivity contribution in [1.82, 2.24) is 10.3 Å². The van der Waals surface area contributed by atoms with Gasteiger partial charge in [0.2, 0.25) is 5.91 Å². The van der Waals surface area contributed by atoms with E-state index in [0.717, 1.165) is 10.7 Å². The van der Waals surface area contributed by atoms with Crippen LogP contribution in [0.4, 0.5) is 5.69 Å². The lowest BCUT2D eigenvalue weighted by Gasteiger charge is -2.07. The van der Waals surface area contributed by atoms with E-state index in [-0.39, 0.29) is 12.5 Å². The van der Waals surface area contributed by atoms with Crippen molar-refractivity contribution in [2.45, 2.75) is 13.5 Å². The maximum absolute atomic E-state index is 11.7. The molecule has 0 aliphatic heterocycles. The number of para-hydroxylation sites is 1. The van der Waals surface area contributed by atoms with Crippen LogP contribution in [0.25, 0.3) is 0 Å². The molecule has 19 heavy (non-hydrogen) atoms. The van der Waals surface area contributed by atoms with Gasteiger partial charge in [-0.25, -0.2) is 4.98 Å². The first-order valence-electron chi connectivity index (χ1n) is 5.81. The molecular formula is C13H14ClN3OS. The molecule has 0 saturated carbocycles. The fraction of sp³-hybridized carbons (Fsp3) is 0.231. The van der Waals surface area contributed by atoms with Crippen LogP contribution in [0.3, 0.4) is 0 Å². The Hall–Kier alpha value is -1.43. The summed E-state index contributed by atoms with van der Waals surface area (Å²) >= 11 is 7.56. The minimum absolute atomic E-state index is 0.125. The number of hydrogen-bond donors (Lipinski definition) is 2. The first-order chi connectivity index (χ1) is 9.15. The molecule has 0 aliphatic carbocycles. The van der Waals surface area contributed by atoms with Gasteiger partial charge in [-0.2, -0.15) is 0 Å². The van der Waals surface area contributed by atoms with Crippen molar-refractivity contribution in [2.24, 2.45) is 0 Å². The van der Waals surface area contributed by atoms with Crippen LogP contribution in [-0.4, -0.2) is 17.4 Å². The number of hydrogen-bond acceptors (Lipinski definition) is 4. The number of thiazole rings is 1. The molecule has 0 fully saturated rings. The van der Waals surface area contributed by atoms with E-state index < -0.39 is 0 Å². The highest BCUT2D eigenvalue weighted by Crippen LogP contribution is 2.19. The molecule has 4 nitrogen and oxygen atoms in total. The number of carbonyl (C=O) groups is 1. The molecule has 0 atom stereocenters. The van der Waals surface area contributed by atoms with Gasteiger partial charge in [-0.15, -0.1) is 11.3 Å². The van der Waals surface area contributed by atoms with Crippen LogP contribution in [0.1, 0.15) is 10.7 Å². The Kier molecular flexibility index (Phi) is 4.90. The highest BCUT2D eigenvalue weighted by atomic mass is 35.5. The zero-order valence-electron chi connectivity index (χ0n) is 10.4. The van der Waals surface area contributed by atoms with E-state index in [1.165, 1.54) is 0 Å². The summed E-state index contributed by atoms with van der Waals surface area (Å²) in [6, 6.07) is 7.15. The van der Waals surface area contributed by atoms with Crippen LogP contribution >= 0.6 is 22.9 Å². The lowest BCUT2D eigenvalue weighted by Crippen LogP contribution is -2.27. The number of amides is 1. The molecule has 0 radical (unpaired) electrons. The first kappa shape index (κ1) is 14.0. The molecule has 0 saturated heterocycles. The van der Waals surface area contributed by atoms with Gasteiger partial charge in [0.1, 0.15) is 0 Å². The Bertz CT molecular complexity index is 571. The molecule has 0 aliphatic rings. The number of benzene rings is 1. The minimum Gasteiger partial charge on any atom is -0.324 e. The van der Waals surface area contributed by atoms with Crippen molar-refractivity contribution in [2.75, 3.05) is 11.9 Å². The fourth-order valence-electron chi connectivity index (χ4n) is 1.55. The summed E-state index contributed by atoms with van der Waals surface area (Å²) in [6.07, 6.45) is 0. The van der Waals surface area contributed by atoms with Crippen molar-refractivity contribution in [3.63, 3.8) is 0 Å². The van der Waals surface area contributed by atoms with Gasteiger partial charge >= 0.3 is 0 Å². The van der Waals surface area contributed by atoms with Crippen LogP contribution in [0.5, 0.6) is 0 Å². The molecule has 2 rings (SSSR count). The highest BCUT2D eigenvalue weighted by Gasteiger charge is 2.05. The number of carbonyl (C=O) groups excluding carboxylic acids is 1. The second-order valence-corrected chi connectivity index (χ2v) is 5.46. The smallest absolute Gasteiger partial charge is 0.238 e. The molecule has 0 spiro atoms. The Morgan fingerprint density at radius 3 is 2.89 bits per heavy atom. The number of anilines is 1. The average Bonchev–Trinajstić information content (AvgIpc) is 2.78. The van der Waals surface area contributed by atoms with Crippen molar-refractivity contribution >= 4 is 34.5 Å². The van der Waals surface area contributed by atoms with Crippen LogP contribution in [0.2, 0.25) is 5.02 Å². The third-order valence-corrected chi connectivity index (χ3v) is 3.56. The van der Waals surface area contributed by atoms with Crippen LogP contribution < -0.4 is 10.6 Å². The van der Waals surface area contributed by atoms with Gasteiger partial charge < -0.3 is 10.6 Å². The Balaban J connectivity index is 1.77. The number of aryl methyl sites for hydroxylation is 1. The van der Waals surface area contributed by atoms with Gasteiger partial charge in [0.25, 0.3) is 0 Å². The molecule has 100 valence electrons. The molecule has 6 heteroatoms. The molecule has 1 amide bonds. The highest BCUT2D eigenvalue weighted by molar-refractivity contribution is 7.09. The van der Waals surface area contributed by atoms with Crippen molar-refractivity contribution in [1.29, 1.82) is 0 Å². The average molecular weight is 296 g/mol. The van der Waals surface area contributed by atoms with Gasteiger partial charge in [0.05, 0.1) is 28.0 Å². The number of rotatable bonds is 5. The summed E-state index contributed by atoms with van der Waals surface area (Å²) < 4.78 is 0. The summed E-state index contributed by atoms with van der Waals surface area (Å²) in [6.45, 7) is 2.76. The Morgan fingerprint density at radius 1 is 1.42 bits per heavy atom. The SMILES string of the molecule is Cc1nc(CNCC(=O)Nc2ccccc2Cl)cs1. The molecule has 1 aromatic heterocycles. The van der Waals surface area contributed by atoms with E-state index in [0.29, 0.717) is 17.3 Å². The van der Waals surface area contributed by atoms with Crippen LogP contribution in [0, 0.1) is 6.92 Å². The minimum atomic E-state index is -0.125. The topological polar surface area (TPSA) is 54.0 Å². The van der Waals surface area contributed by atoms with E-state index in [1.807, 2.05) is 24.4 Å². The van der Waals surface area contributed by atoms with Crippen molar-refractivity contribution < 1.29 is 4.79 Å². The monoisotopic (exact) mass is 295 g/mol. The maximum atomic E-state index is 11.7. The fourth-order valence-corrected chi connectivity index (χ4v) is 2.35. The quantitative estimate of drug-likeness (QED) is 0.892. The standard InChI is InChI=1S/C13H14ClN3OS/c1-9-16-10(8-19-9)6-15-7-13(18)17-12-5-3-2-4-11(12)14/h2-5,8,15H,6-7H2,1H3,(H,17,18). The van der Waals surface area contributed by atoms with E-state index in [1.54, 1.807) is 23.5 Å². The van der Waals surface area contributed by atoms with Crippen molar-refractivity contribution in [3.05, 3.63) is 45.4 Å². The van der Waals surface area contributed by atoms with Gasteiger partial charge in [-0.05, 0) is 19.1 Å². The molecule has 2 aromatic rings.